The third kappa shape index (κ3) is 4.24. The molecule has 1 fully saturated rings. The molecule has 3 rings (SSSR count). The second-order valence-electron chi connectivity index (χ2n) is 6.30. The van der Waals surface area contributed by atoms with Crippen LogP contribution in [0.2, 0.25) is 0 Å². The zero-order valence-corrected chi connectivity index (χ0v) is 17.8. The van der Waals surface area contributed by atoms with E-state index in [0.717, 1.165) is 12.8 Å². The molecule has 0 N–H and O–H groups in total. The first-order chi connectivity index (χ1) is 12.5. The molecule has 0 amide bonds. The van der Waals surface area contributed by atoms with Crippen LogP contribution in [0.1, 0.15) is 30.1 Å². The van der Waals surface area contributed by atoms with Gasteiger partial charge >= 0.3 is 156 Å². The normalized spacial score (nSPS) is 18.5. The summed E-state index contributed by atoms with van der Waals surface area (Å²) < 4.78 is 29.1. The van der Waals surface area contributed by atoms with Crippen LogP contribution in [0.4, 0.5) is 4.39 Å². The van der Waals surface area contributed by atoms with E-state index in [2.05, 4.69) is 11.1 Å². The summed E-state index contributed by atoms with van der Waals surface area (Å²) in [7, 11) is 0. The van der Waals surface area contributed by atoms with Crippen molar-refractivity contribution in [3.8, 4) is 11.5 Å². The predicted molar refractivity (Wildman–Crippen MR) is 98.0 cm³/mol. The van der Waals surface area contributed by atoms with Crippen molar-refractivity contribution in [2.24, 2.45) is 5.92 Å². The van der Waals surface area contributed by atoms with Crippen LogP contribution in [-0.4, -0.2) is 44.8 Å². The first kappa shape index (κ1) is 18.8. The third-order valence-electron chi connectivity index (χ3n) is 4.24. The van der Waals surface area contributed by atoms with Crippen LogP contribution in [0.5, 0.6) is 11.5 Å². The maximum atomic E-state index is 13.6. The first-order valence-electron chi connectivity index (χ1n) is 8.26. The van der Waals surface area contributed by atoms with Gasteiger partial charge in [-0.15, -0.1) is 0 Å². The number of hydrogen-bond donors (Lipinski definition) is 0. The van der Waals surface area contributed by atoms with Gasteiger partial charge in [0, 0.05) is 0 Å². The molecule has 1 aliphatic rings. The molecule has 0 aromatic heterocycles. The van der Waals surface area contributed by atoms with Crippen molar-refractivity contribution in [1.82, 2.24) is 0 Å². The summed E-state index contributed by atoms with van der Waals surface area (Å²) in [5.74, 6) is -0.725. The Kier molecular flexibility index (Phi) is 5.92. The van der Waals surface area contributed by atoms with Gasteiger partial charge < -0.3 is 0 Å². The Balaban J connectivity index is 1.78. The molecule has 0 bridgehead atoms. The van der Waals surface area contributed by atoms with Gasteiger partial charge in [0.15, 0.2) is 0 Å². The summed E-state index contributed by atoms with van der Waals surface area (Å²) >= 11 is -1.31. The molecule has 6 heteroatoms. The molecule has 1 aliphatic carbocycles. The van der Waals surface area contributed by atoms with Crippen LogP contribution in [0, 0.1) is 11.7 Å². The summed E-state index contributed by atoms with van der Waals surface area (Å²) in [4.78, 5) is 24.6. The Bertz CT molecular complexity index is 859. The molecule has 26 heavy (non-hydrogen) atoms. The predicted octanol–water partition coefficient (Wildman–Crippen LogP) is 2.90. The van der Waals surface area contributed by atoms with Gasteiger partial charge in [-0.1, -0.05) is 6.92 Å². The summed E-state index contributed by atoms with van der Waals surface area (Å²) in [6, 6.07) is 10.9. The van der Waals surface area contributed by atoms with Gasteiger partial charge in [0.05, 0.1) is 0 Å². The number of para-hydroxylation sites is 1. The zero-order chi connectivity index (χ0) is 18.7. The SMILES string of the molecule is [CH2]=[Bi][c]1cc(Oc2ccccc2C(=O)C(=O)OC2CC(C)C2)ccc1F. The molecule has 0 saturated heterocycles. The Morgan fingerprint density at radius 2 is 1.92 bits per heavy atom. The van der Waals surface area contributed by atoms with Gasteiger partial charge in [0.2, 0.25) is 0 Å². The Labute approximate surface area is 162 Å². The van der Waals surface area contributed by atoms with Crippen molar-refractivity contribution in [2.75, 3.05) is 0 Å². The zero-order valence-electron chi connectivity index (χ0n) is 14.3. The van der Waals surface area contributed by atoms with Crippen LogP contribution in [0.3, 0.4) is 0 Å². The van der Waals surface area contributed by atoms with Gasteiger partial charge in [0.25, 0.3) is 0 Å². The van der Waals surface area contributed by atoms with Crippen molar-refractivity contribution in [3.05, 3.63) is 53.8 Å². The fourth-order valence-electron chi connectivity index (χ4n) is 2.79. The monoisotopic (exact) mass is 550 g/mol. The number of benzene rings is 2. The van der Waals surface area contributed by atoms with Crippen LogP contribution >= 0.6 is 0 Å². The molecule has 0 heterocycles. The number of Topliss-reactive ketones (excluding diaryl/α,β-unsaturated/α-hetero) is 1. The van der Waals surface area contributed by atoms with Crippen LogP contribution in [0.15, 0.2) is 42.5 Å². The minimum atomic E-state index is -1.31. The molecular weight excluding hydrogens is 532 g/mol. The fourth-order valence-corrected chi connectivity index (χ4v) is 4.51. The van der Waals surface area contributed by atoms with E-state index in [1.807, 2.05) is 0 Å². The molecule has 4 nitrogen and oxygen atoms in total. The maximum absolute atomic E-state index is 13.6. The third-order valence-corrected chi connectivity index (χ3v) is 6.89. The molecule has 0 spiro atoms. The average molecular weight is 550 g/mol. The summed E-state index contributed by atoms with van der Waals surface area (Å²) in [5.41, 5.74) is 0.131. The Morgan fingerprint density at radius 3 is 2.62 bits per heavy atom. The van der Waals surface area contributed by atoms with E-state index in [9.17, 15) is 14.0 Å². The van der Waals surface area contributed by atoms with E-state index in [1.54, 1.807) is 24.3 Å². The topological polar surface area (TPSA) is 52.6 Å². The van der Waals surface area contributed by atoms with Crippen LogP contribution in [-0.2, 0) is 9.53 Å². The molecule has 0 unspecified atom stereocenters. The van der Waals surface area contributed by atoms with E-state index < -0.39 is 34.5 Å². The average Bonchev–Trinajstić information content (AvgIpc) is 2.61. The van der Waals surface area contributed by atoms with E-state index in [1.165, 1.54) is 18.2 Å². The summed E-state index contributed by atoms with van der Waals surface area (Å²) in [6.07, 6.45) is 1.38. The number of esters is 1. The van der Waals surface area contributed by atoms with Gasteiger partial charge in [-0.3, -0.25) is 0 Å². The number of carbonyl (C=O) groups excluding carboxylic acids is 2. The van der Waals surface area contributed by atoms with E-state index in [4.69, 9.17) is 9.47 Å². The van der Waals surface area contributed by atoms with Crippen molar-refractivity contribution >= 4 is 42.0 Å². The molecule has 0 atom stereocenters. The van der Waals surface area contributed by atoms with E-state index in [-0.39, 0.29) is 23.2 Å². The molecule has 0 radical (unpaired) electrons. The Morgan fingerprint density at radius 1 is 1.19 bits per heavy atom. The van der Waals surface area contributed by atoms with Crippen molar-refractivity contribution < 1.29 is 23.5 Å². The van der Waals surface area contributed by atoms with Crippen molar-refractivity contribution in [3.63, 3.8) is 0 Å². The van der Waals surface area contributed by atoms with Gasteiger partial charge in [-0.05, 0) is 0 Å². The van der Waals surface area contributed by atoms with E-state index in [0.29, 0.717) is 14.9 Å². The number of halogens is 1. The quantitative estimate of drug-likeness (QED) is 0.241. The molecule has 2 aromatic carbocycles. The standard InChI is InChI=1S/C19H16FO4.CH2.Bi/c1-12-10-15(11-12)24-19(22)18(21)16-4-2-3-5-17(16)23-14-8-6-13(20)7-9-14;;/h2-6,8-9,12,15H,10-11H2,1H3;1H2;. The first-order valence-corrected chi connectivity index (χ1v) is 12.5. The molecular formula is C20H18BiFO4. The van der Waals surface area contributed by atoms with Gasteiger partial charge in [-0.2, -0.15) is 0 Å². The molecule has 1 saturated carbocycles. The van der Waals surface area contributed by atoms with Crippen molar-refractivity contribution in [1.29, 1.82) is 0 Å². The number of rotatable bonds is 6. The fraction of sp³-hybridized carbons (Fsp3) is 0.250. The Hall–Kier alpha value is -1.94. The molecule has 0 aliphatic heterocycles. The second-order valence-corrected chi connectivity index (χ2v) is 9.40. The van der Waals surface area contributed by atoms with E-state index >= 15 is 0 Å². The van der Waals surface area contributed by atoms with Gasteiger partial charge in [-0.25, -0.2) is 0 Å². The molecule has 134 valence electrons. The summed E-state index contributed by atoms with van der Waals surface area (Å²) in [6.45, 7) is 2.07. The summed E-state index contributed by atoms with van der Waals surface area (Å²) in [5, 5.41) is 0. The number of carbonyl (C=O) groups is 2. The second kappa shape index (κ2) is 8.17. The number of hydrogen-bond acceptors (Lipinski definition) is 4. The van der Waals surface area contributed by atoms with Crippen LogP contribution in [0.25, 0.3) is 0 Å². The number of ketones is 1. The molecule has 2 aromatic rings. The van der Waals surface area contributed by atoms with Crippen molar-refractivity contribution in [2.45, 2.75) is 25.9 Å². The van der Waals surface area contributed by atoms with Crippen LogP contribution < -0.4 is 8.01 Å². The van der Waals surface area contributed by atoms with Gasteiger partial charge in [0.1, 0.15) is 0 Å². The minimum absolute atomic E-state index is 0.131. The number of ether oxygens (including phenoxy) is 2.